The molecule has 0 radical (unpaired) electrons. The van der Waals surface area contributed by atoms with Gasteiger partial charge >= 0.3 is 11.9 Å². The number of carbonyl (C=O) groups is 2. The lowest BCUT2D eigenvalue weighted by Crippen LogP contribution is -2.67. The minimum atomic E-state index is -0.415. The van der Waals surface area contributed by atoms with E-state index >= 15 is 0 Å². The standard InChI is InChI=1S/C22H33NO4/c1-4-14-15-7-5-6-10-23-16(17-11-13(2)19(24)26-17)8-9-22(15,23)21(3)12-18(14)27-20(21)25/h13-18H,4-12H2,1-3H3/t13-,14-,15+,16-,17-,18-,21-,22-/m0/s1. The van der Waals surface area contributed by atoms with Gasteiger partial charge in [0.1, 0.15) is 12.2 Å². The first kappa shape index (κ1) is 18.0. The van der Waals surface area contributed by atoms with Crippen LogP contribution >= 0.6 is 0 Å². The van der Waals surface area contributed by atoms with Crippen molar-refractivity contribution in [3.05, 3.63) is 0 Å². The van der Waals surface area contributed by atoms with Crippen LogP contribution in [-0.2, 0) is 19.1 Å². The number of nitrogens with zero attached hydrogens (tertiary/aromatic N) is 1. The first-order valence-electron chi connectivity index (χ1n) is 11.1. The van der Waals surface area contributed by atoms with Crippen molar-refractivity contribution in [1.29, 1.82) is 0 Å². The summed E-state index contributed by atoms with van der Waals surface area (Å²) in [6, 6.07) is 0.263. The number of esters is 2. The van der Waals surface area contributed by atoms with Crippen LogP contribution in [-0.4, -0.2) is 47.2 Å². The minimum Gasteiger partial charge on any atom is -0.462 e. The molecule has 1 saturated carbocycles. The maximum Gasteiger partial charge on any atom is 0.314 e. The Balaban J connectivity index is 1.58. The van der Waals surface area contributed by atoms with Crippen molar-refractivity contribution >= 4 is 11.9 Å². The predicted octanol–water partition coefficient (Wildman–Crippen LogP) is 3.30. The Hall–Kier alpha value is -1.10. The summed E-state index contributed by atoms with van der Waals surface area (Å²) in [5.41, 5.74) is -0.529. The van der Waals surface area contributed by atoms with Gasteiger partial charge in [-0.1, -0.05) is 20.3 Å². The SMILES string of the molecule is CC[C@@H]1[C@@H]2C[C@@](C)(C(=O)O2)[C@@]23CC[C@@H]([C@@H]4C[C@H](C)C(=O)O4)N2CCCC[C@H]13. The maximum atomic E-state index is 13.1. The zero-order valence-electron chi connectivity index (χ0n) is 16.9. The van der Waals surface area contributed by atoms with Gasteiger partial charge in [-0.25, -0.2) is 0 Å². The summed E-state index contributed by atoms with van der Waals surface area (Å²) in [4.78, 5) is 27.9. The Morgan fingerprint density at radius 2 is 1.96 bits per heavy atom. The van der Waals surface area contributed by atoms with Crippen LogP contribution in [0.4, 0.5) is 0 Å². The van der Waals surface area contributed by atoms with E-state index < -0.39 is 5.41 Å². The lowest BCUT2D eigenvalue weighted by atomic mass is 9.52. The number of hydrogen-bond acceptors (Lipinski definition) is 5. The average molecular weight is 376 g/mol. The monoisotopic (exact) mass is 375 g/mol. The predicted molar refractivity (Wildman–Crippen MR) is 99.8 cm³/mol. The highest BCUT2D eigenvalue weighted by Crippen LogP contribution is 2.65. The number of carbonyl (C=O) groups excluding carboxylic acids is 2. The van der Waals surface area contributed by atoms with Gasteiger partial charge in [0, 0.05) is 23.9 Å². The number of ether oxygens (including phenoxy) is 2. The molecule has 5 nitrogen and oxygen atoms in total. The van der Waals surface area contributed by atoms with E-state index in [-0.39, 0.29) is 41.6 Å². The van der Waals surface area contributed by atoms with Gasteiger partial charge in [0.2, 0.25) is 0 Å². The van der Waals surface area contributed by atoms with Gasteiger partial charge in [0.25, 0.3) is 0 Å². The second-order valence-electron chi connectivity index (χ2n) is 9.99. The molecule has 5 aliphatic rings. The molecule has 5 heteroatoms. The van der Waals surface area contributed by atoms with Crippen LogP contribution in [0.1, 0.15) is 72.1 Å². The largest absolute Gasteiger partial charge is 0.462 e. The molecule has 2 bridgehead atoms. The number of fused-ring (bicyclic) bond motifs is 2. The summed E-state index contributed by atoms with van der Waals surface area (Å²) >= 11 is 0. The Bertz CT molecular complexity index is 665. The Morgan fingerprint density at radius 3 is 2.67 bits per heavy atom. The number of rotatable bonds is 2. The van der Waals surface area contributed by atoms with Crippen LogP contribution in [0.2, 0.25) is 0 Å². The zero-order chi connectivity index (χ0) is 19.0. The third kappa shape index (κ3) is 2.15. The molecule has 0 aromatic heterocycles. The van der Waals surface area contributed by atoms with Crippen LogP contribution in [0, 0.1) is 23.2 Å². The van der Waals surface area contributed by atoms with Gasteiger partial charge in [0.15, 0.2) is 0 Å². The van der Waals surface area contributed by atoms with Gasteiger partial charge in [-0.15, -0.1) is 0 Å². The summed E-state index contributed by atoms with van der Waals surface area (Å²) in [6.07, 6.45) is 8.54. The van der Waals surface area contributed by atoms with E-state index in [1.807, 2.05) is 6.92 Å². The molecule has 1 aliphatic carbocycles. The quantitative estimate of drug-likeness (QED) is 0.693. The highest BCUT2D eigenvalue weighted by Gasteiger charge is 2.73. The van der Waals surface area contributed by atoms with Crippen LogP contribution in [0.15, 0.2) is 0 Å². The second kappa shape index (κ2) is 5.95. The fourth-order valence-corrected chi connectivity index (χ4v) is 7.76. The van der Waals surface area contributed by atoms with Crippen LogP contribution in [0.5, 0.6) is 0 Å². The molecule has 27 heavy (non-hydrogen) atoms. The van der Waals surface area contributed by atoms with Crippen molar-refractivity contribution in [3.63, 3.8) is 0 Å². The van der Waals surface area contributed by atoms with Crippen LogP contribution in [0.25, 0.3) is 0 Å². The normalized spacial score (nSPS) is 52.1. The second-order valence-corrected chi connectivity index (χ2v) is 9.99. The Kier molecular flexibility index (Phi) is 3.96. The molecular weight excluding hydrogens is 342 g/mol. The van der Waals surface area contributed by atoms with E-state index in [4.69, 9.17) is 9.47 Å². The molecule has 1 spiro atoms. The molecule has 5 fully saturated rings. The fourth-order valence-electron chi connectivity index (χ4n) is 7.76. The first-order chi connectivity index (χ1) is 12.9. The van der Waals surface area contributed by atoms with Gasteiger partial charge in [-0.2, -0.15) is 0 Å². The van der Waals surface area contributed by atoms with Gasteiger partial charge in [-0.05, 0) is 57.9 Å². The minimum absolute atomic E-state index is 0.000448. The van der Waals surface area contributed by atoms with E-state index in [9.17, 15) is 9.59 Å². The number of hydrogen-bond donors (Lipinski definition) is 0. The van der Waals surface area contributed by atoms with Gasteiger partial charge in [0.05, 0.1) is 11.3 Å². The van der Waals surface area contributed by atoms with Crippen molar-refractivity contribution in [2.75, 3.05) is 6.54 Å². The van der Waals surface area contributed by atoms with Gasteiger partial charge < -0.3 is 9.47 Å². The molecule has 0 aromatic rings. The summed E-state index contributed by atoms with van der Waals surface area (Å²) in [6.45, 7) is 7.44. The van der Waals surface area contributed by atoms with E-state index in [1.54, 1.807) is 0 Å². The Labute approximate surface area is 162 Å². The molecule has 8 atom stereocenters. The van der Waals surface area contributed by atoms with Crippen molar-refractivity contribution < 1.29 is 19.1 Å². The molecule has 4 saturated heterocycles. The summed E-state index contributed by atoms with van der Waals surface area (Å²) in [5.74, 6) is 0.959. The van der Waals surface area contributed by atoms with Crippen molar-refractivity contribution in [2.45, 2.75) is 95.9 Å². The lowest BCUT2D eigenvalue weighted by molar-refractivity contribution is -0.157. The highest BCUT2D eigenvalue weighted by molar-refractivity contribution is 5.81. The molecular formula is C22H33NO4. The summed E-state index contributed by atoms with van der Waals surface area (Å²) < 4.78 is 11.8. The van der Waals surface area contributed by atoms with E-state index in [0.717, 1.165) is 38.6 Å². The van der Waals surface area contributed by atoms with Gasteiger partial charge in [-0.3, -0.25) is 14.5 Å². The van der Waals surface area contributed by atoms with Crippen molar-refractivity contribution in [2.24, 2.45) is 23.2 Å². The molecule has 0 N–H and O–H groups in total. The highest BCUT2D eigenvalue weighted by atomic mass is 16.6. The fraction of sp³-hybridized carbons (Fsp3) is 0.909. The molecule has 0 unspecified atom stereocenters. The van der Waals surface area contributed by atoms with E-state index in [1.165, 1.54) is 19.3 Å². The molecule has 0 amide bonds. The lowest BCUT2D eigenvalue weighted by Gasteiger charge is -2.57. The topological polar surface area (TPSA) is 55.8 Å². The third-order valence-corrected chi connectivity index (χ3v) is 8.94. The maximum absolute atomic E-state index is 13.1. The molecule has 5 rings (SSSR count). The first-order valence-corrected chi connectivity index (χ1v) is 11.1. The Morgan fingerprint density at radius 1 is 1.15 bits per heavy atom. The molecule has 0 aromatic carbocycles. The van der Waals surface area contributed by atoms with E-state index in [0.29, 0.717) is 11.8 Å². The van der Waals surface area contributed by atoms with Crippen LogP contribution < -0.4 is 0 Å². The third-order valence-electron chi connectivity index (χ3n) is 8.94. The number of cyclic esters (lactones) is 1. The zero-order valence-corrected chi connectivity index (χ0v) is 16.9. The van der Waals surface area contributed by atoms with Crippen LogP contribution in [0.3, 0.4) is 0 Å². The van der Waals surface area contributed by atoms with Crippen molar-refractivity contribution in [1.82, 2.24) is 4.90 Å². The summed E-state index contributed by atoms with van der Waals surface area (Å²) in [7, 11) is 0. The molecule has 4 heterocycles. The molecule has 4 aliphatic heterocycles. The summed E-state index contributed by atoms with van der Waals surface area (Å²) in [5, 5.41) is 0. The van der Waals surface area contributed by atoms with E-state index in [2.05, 4.69) is 18.7 Å². The smallest absolute Gasteiger partial charge is 0.314 e. The average Bonchev–Trinajstić information content (AvgIpc) is 3.20. The van der Waals surface area contributed by atoms with Crippen molar-refractivity contribution in [3.8, 4) is 0 Å². The molecule has 150 valence electrons.